The van der Waals surface area contributed by atoms with E-state index in [2.05, 4.69) is 6.92 Å². The number of aromatic hydroxyl groups is 2. The SMILES string of the molecule is CCC1(c2ccc(O)cc2)COc2cc(O)ccc2C1CCCCCCCCC(CCCCC(F)(F)C(F)(F)F)C(=O)O. The van der Waals surface area contributed by atoms with E-state index in [0.717, 1.165) is 56.1 Å². The van der Waals surface area contributed by atoms with Crippen LogP contribution in [0.25, 0.3) is 0 Å². The molecule has 1 aliphatic rings. The Morgan fingerprint density at radius 1 is 0.884 bits per heavy atom. The van der Waals surface area contributed by atoms with Gasteiger partial charge in [0.25, 0.3) is 0 Å². The van der Waals surface area contributed by atoms with Gasteiger partial charge in [0.2, 0.25) is 0 Å². The van der Waals surface area contributed by atoms with Crippen LogP contribution in [0.1, 0.15) is 107 Å². The maximum absolute atomic E-state index is 13.1. The summed E-state index contributed by atoms with van der Waals surface area (Å²) in [6.07, 6.45) is 0.257. The van der Waals surface area contributed by atoms with Gasteiger partial charge in [0.1, 0.15) is 17.2 Å². The number of phenolic OH excluding ortho intramolecular Hbond substituents is 2. The van der Waals surface area contributed by atoms with Crippen molar-refractivity contribution in [1.82, 2.24) is 0 Å². The van der Waals surface area contributed by atoms with Crippen LogP contribution in [-0.4, -0.2) is 40.0 Å². The van der Waals surface area contributed by atoms with Gasteiger partial charge >= 0.3 is 18.1 Å². The highest BCUT2D eigenvalue weighted by atomic mass is 19.4. The van der Waals surface area contributed by atoms with Crippen molar-refractivity contribution in [1.29, 1.82) is 0 Å². The first-order valence-electron chi connectivity index (χ1n) is 15.2. The summed E-state index contributed by atoms with van der Waals surface area (Å²) in [5.41, 5.74) is 1.87. The Morgan fingerprint density at radius 2 is 1.47 bits per heavy atom. The van der Waals surface area contributed by atoms with Crippen LogP contribution < -0.4 is 4.74 Å². The van der Waals surface area contributed by atoms with E-state index in [0.29, 0.717) is 25.2 Å². The normalized spacial score (nSPS) is 19.4. The minimum Gasteiger partial charge on any atom is -0.508 e. The molecule has 0 saturated heterocycles. The van der Waals surface area contributed by atoms with Gasteiger partial charge in [-0.25, -0.2) is 0 Å². The van der Waals surface area contributed by atoms with Crippen LogP contribution in [0.2, 0.25) is 0 Å². The lowest BCUT2D eigenvalue weighted by atomic mass is 9.63. The first kappa shape index (κ1) is 34.5. The highest BCUT2D eigenvalue weighted by Crippen LogP contribution is 2.51. The van der Waals surface area contributed by atoms with Crippen molar-refractivity contribution >= 4 is 5.97 Å². The number of ether oxygens (including phenoxy) is 1. The minimum atomic E-state index is -5.58. The van der Waals surface area contributed by atoms with Crippen LogP contribution in [0.3, 0.4) is 0 Å². The Bertz CT molecular complexity index is 1170. The summed E-state index contributed by atoms with van der Waals surface area (Å²) >= 11 is 0. The molecular formula is C33H43F5O5. The predicted octanol–water partition coefficient (Wildman–Crippen LogP) is 9.50. The number of hydrogen-bond donors (Lipinski definition) is 3. The van der Waals surface area contributed by atoms with E-state index in [1.54, 1.807) is 24.3 Å². The molecule has 0 radical (unpaired) electrons. The molecular weight excluding hydrogens is 571 g/mol. The third-order valence-electron chi connectivity index (χ3n) is 8.95. The Labute approximate surface area is 250 Å². The lowest BCUT2D eigenvalue weighted by molar-refractivity contribution is -0.284. The van der Waals surface area contributed by atoms with E-state index in [1.807, 2.05) is 18.2 Å². The third kappa shape index (κ3) is 8.99. The third-order valence-corrected chi connectivity index (χ3v) is 8.95. The number of rotatable bonds is 17. The van der Waals surface area contributed by atoms with Crippen molar-refractivity contribution in [2.45, 2.75) is 114 Å². The van der Waals surface area contributed by atoms with E-state index in [1.165, 1.54) is 0 Å². The second kappa shape index (κ2) is 15.1. The molecule has 0 amide bonds. The molecule has 3 rings (SSSR count). The molecule has 0 saturated carbocycles. The summed E-state index contributed by atoms with van der Waals surface area (Å²) in [4.78, 5) is 11.5. The quantitative estimate of drug-likeness (QED) is 0.122. The van der Waals surface area contributed by atoms with Crippen LogP contribution in [0, 0.1) is 5.92 Å². The van der Waals surface area contributed by atoms with E-state index < -0.39 is 30.4 Å². The Balaban J connectivity index is 1.46. The van der Waals surface area contributed by atoms with Crippen LogP contribution in [0.15, 0.2) is 42.5 Å². The first-order chi connectivity index (χ1) is 20.3. The number of hydrogen-bond acceptors (Lipinski definition) is 4. The molecule has 3 atom stereocenters. The number of halogens is 5. The van der Waals surface area contributed by atoms with Gasteiger partial charge in [0, 0.05) is 23.8 Å². The molecule has 1 aliphatic heterocycles. The Morgan fingerprint density at radius 3 is 2.07 bits per heavy atom. The van der Waals surface area contributed by atoms with E-state index in [9.17, 15) is 42.1 Å². The van der Waals surface area contributed by atoms with Gasteiger partial charge in [-0.2, -0.15) is 22.0 Å². The molecule has 2 aromatic rings. The van der Waals surface area contributed by atoms with Gasteiger partial charge in [-0.1, -0.05) is 70.1 Å². The second-order valence-electron chi connectivity index (χ2n) is 11.8. The predicted molar refractivity (Wildman–Crippen MR) is 154 cm³/mol. The summed E-state index contributed by atoms with van der Waals surface area (Å²) in [7, 11) is 0. The molecule has 43 heavy (non-hydrogen) atoms. The zero-order chi connectivity index (χ0) is 31.7. The molecule has 0 bridgehead atoms. The van der Waals surface area contributed by atoms with Gasteiger partial charge in [0.05, 0.1) is 12.5 Å². The average molecular weight is 615 g/mol. The number of phenols is 2. The number of benzene rings is 2. The number of carboxylic acids is 1. The monoisotopic (exact) mass is 614 g/mol. The number of carboxylic acid groups (broad SMARTS) is 1. The molecule has 240 valence electrons. The number of unbranched alkanes of at least 4 members (excludes halogenated alkanes) is 6. The van der Waals surface area contributed by atoms with Crippen LogP contribution >= 0.6 is 0 Å². The number of carbonyl (C=O) groups is 1. The average Bonchev–Trinajstić information content (AvgIpc) is 2.95. The standard InChI is InChI=1S/C33H43F5O5/c1-2-31(24-14-16-25(39)17-15-24)22-43-29-21-26(40)18-19-27(29)28(31)13-8-6-4-3-5-7-11-23(30(41)42)12-9-10-20-32(34,35)33(36,37)38/h14-19,21,23,28,39-40H,2-13,20,22H2,1H3,(H,41,42). The molecule has 3 N–H and O–H groups in total. The van der Waals surface area contributed by atoms with Crippen molar-refractivity contribution in [3.8, 4) is 17.2 Å². The van der Waals surface area contributed by atoms with Gasteiger partial charge in [0.15, 0.2) is 0 Å². The van der Waals surface area contributed by atoms with Gasteiger partial charge < -0.3 is 20.1 Å². The van der Waals surface area contributed by atoms with Gasteiger partial charge in [-0.3, -0.25) is 4.79 Å². The highest BCUT2D eigenvalue weighted by Gasteiger charge is 2.56. The zero-order valence-electron chi connectivity index (χ0n) is 24.6. The molecule has 2 aromatic carbocycles. The smallest absolute Gasteiger partial charge is 0.453 e. The van der Waals surface area contributed by atoms with E-state index >= 15 is 0 Å². The maximum Gasteiger partial charge on any atom is 0.453 e. The Kier molecular flexibility index (Phi) is 12.1. The van der Waals surface area contributed by atoms with Crippen LogP contribution in [0.5, 0.6) is 17.2 Å². The van der Waals surface area contributed by atoms with E-state index in [4.69, 9.17) is 4.74 Å². The first-order valence-corrected chi connectivity index (χ1v) is 15.2. The van der Waals surface area contributed by atoms with Crippen molar-refractivity contribution in [2.24, 2.45) is 5.92 Å². The minimum absolute atomic E-state index is 0.0149. The molecule has 0 fully saturated rings. The highest BCUT2D eigenvalue weighted by molar-refractivity contribution is 5.69. The fourth-order valence-electron chi connectivity index (χ4n) is 6.32. The van der Waals surface area contributed by atoms with Crippen LogP contribution in [-0.2, 0) is 10.2 Å². The summed E-state index contributed by atoms with van der Waals surface area (Å²) in [6, 6.07) is 12.5. The molecule has 3 unspecified atom stereocenters. The topological polar surface area (TPSA) is 87.0 Å². The second-order valence-corrected chi connectivity index (χ2v) is 11.8. The lowest BCUT2D eigenvalue weighted by Crippen LogP contribution is -2.42. The molecule has 10 heteroatoms. The largest absolute Gasteiger partial charge is 0.508 e. The van der Waals surface area contributed by atoms with Gasteiger partial charge in [-0.15, -0.1) is 0 Å². The molecule has 0 aliphatic carbocycles. The van der Waals surface area contributed by atoms with Crippen molar-refractivity contribution in [2.75, 3.05) is 6.61 Å². The Hall–Kier alpha value is -3.04. The maximum atomic E-state index is 13.1. The van der Waals surface area contributed by atoms with Crippen molar-refractivity contribution in [3.63, 3.8) is 0 Å². The molecule has 0 aromatic heterocycles. The van der Waals surface area contributed by atoms with Crippen molar-refractivity contribution < 1.29 is 46.8 Å². The van der Waals surface area contributed by atoms with Crippen LogP contribution in [0.4, 0.5) is 22.0 Å². The molecule has 0 spiro atoms. The number of aliphatic carboxylic acids is 1. The van der Waals surface area contributed by atoms with E-state index in [-0.39, 0.29) is 42.1 Å². The summed E-state index contributed by atoms with van der Waals surface area (Å²) in [5.74, 6) is -5.33. The number of fused-ring (bicyclic) bond motifs is 1. The lowest BCUT2D eigenvalue weighted by Gasteiger charge is -2.45. The summed E-state index contributed by atoms with van der Waals surface area (Å²) < 4.78 is 69.2. The summed E-state index contributed by atoms with van der Waals surface area (Å²) in [6.45, 7) is 2.60. The molecule has 1 heterocycles. The fourth-order valence-corrected chi connectivity index (χ4v) is 6.32. The van der Waals surface area contributed by atoms with Gasteiger partial charge in [-0.05, 0) is 61.4 Å². The number of alkyl halides is 5. The molecule has 5 nitrogen and oxygen atoms in total. The zero-order valence-corrected chi connectivity index (χ0v) is 24.6. The van der Waals surface area contributed by atoms with Crippen molar-refractivity contribution in [3.05, 3.63) is 53.6 Å². The summed E-state index contributed by atoms with van der Waals surface area (Å²) in [5, 5.41) is 29.3. The fraction of sp³-hybridized carbons (Fsp3) is 0.606.